The van der Waals surface area contributed by atoms with E-state index in [9.17, 15) is 9.18 Å². The lowest BCUT2D eigenvalue weighted by Crippen LogP contribution is -2.50. The number of carbonyl (C=O) groups excluding carboxylic acids is 1. The highest BCUT2D eigenvalue weighted by Gasteiger charge is 2.27. The fourth-order valence-corrected chi connectivity index (χ4v) is 4.93. The van der Waals surface area contributed by atoms with E-state index in [1.165, 1.54) is 10.9 Å². The Bertz CT molecular complexity index is 823. The highest BCUT2D eigenvalue weighted by atomic mass is 32.1. The number of nitrogens with zero attached hydrogens (tertiary/aromatic N) is 2. The van der Waals surface area contributed by atoms with Gasteiger partial charge in [-0.15, -0.1) is 11.3 Å². The summed E-state index contributed by atoms with van der Waals surface area (Å²) in [5.41, 5.74) is 0.934. The molecule has 3 nitrogen and oxygen atoms in total. The first-order valence-corrected chi connectivity index (χ1v) is 10.5. The molecule has 0 radical (unpaired) electrons. The van der Waals surface area contributed by atoms with E-state index in [0.29, 0.717) is 5.91 Å². The molecule has 2 aliphatic rings. The molecule has 1 aromatic carbocycles. The van der Waals surface area contributed by atoms with Gasteiger partial charge in [-0.3, -0.25) is 9.69 Å². The van der Waals surface area contributed by atoms with Crippen molar-refractivity contribution in [1.82, 2.24) is 9.80 Å². The highest BCUT2D eigenvalue weighted by molar-refractivity contribution is 7.15. The zero-order valence-corrected chi connectivity index (χ0v) is 16.3. The molecule has 142 valence electrons. The van der Waals surface area contributed by atoms with Gasteiger partial charge in [0.25, 0.3) is 0 Å². The number of thiophene rings is 1. The van der Waals surface area contributed by atoms with Crippen LogP contribution in [0.2, 0.25) is 0 Å². The van der Waals surface area contributed by atoms with Gasteiger partial charge in [0.15, 0.2) is 0 Å². The van der Waals surface area contributed by atoms with Crippen LogP contribution in [0.4, 0.5) is 4.39 Å². The van der Waals surface area contributed by atoms with Gasteiger partial charge >= 0.3 is 0 Å². The van der Waals surface area contributed by atoms with Gasteiger partial charge < -0.3 is 4.90 Å². The summed E-state index contributed by atoms with van der Waals surface area (Å²) >= 11 is 1.72. The minimum absolute atomic E-state index is 0.188. The number of allylic oxidation sites excluding steroid dienone is 2. The summed E-state index contributed by atoms with van der Waals surface area (Å²) in [4.78, 5) is 19.5. The molecule has 1 aliphatic carbocycles. The molecule has 27 heavy (non-hydrogen) atoms. The van der Waals surface area contributed by atoms with Crippen molar-refractivity contribution in [3.63, 3.8) is 0 Å². The van der Waals surface area contributed by atoms with Crippen LogP contribution in [0.5, 0.6) is 0 Å². The summed E-state index contributed by atoms with van der Waals surface area (Å²) in [7, 11) is 0. The fraction of sp³-hybridized carbons (Fsp3) is 0.409. The molecule has 0 spiro atoms. The first-order valence-electron chi connectivity index (χ1n) is 9.70. The Morgan fingerprint density at radius 2 is 1.96 bits per heavy atom. The van der Waals surface area contributed by atoms with Crippen LogP contribution >= 0.6 is 11.3 Å². The molecule has 2 heterocycles. The number of carbonyl (C=O) groups is 1. The van der Waals surface area contributed by atoms with Crippen molar-refractivity contribution in [2.75, 3.05) is 26.2 Å². The van der Waals surface area contributed by atoms with Crippen molar-refractivity contribution >= 4 is 17.2 Å². The third-order valence-corrected chi connectivity index (χ3v) is 6.57. The number of benzene rings is 1. The van der Waals surface area contributed by atoms with E-state index < -0.39 is 0 Å². The van der Waals surface area contributed by atoms with E-state index in [1.54, 1.807) is 23.5 Å². The standard InChI is InChI=1S/C22H25FN2OS/c23-19-8-4-7-18(15-19)21-10-9-20(27-21)16-24-11-13-25(14-12-24)22(26)17-5-2-1-3-6-17/h1-2,4,7-10,15,17H,3,5-6,11-14,16H2/t17-/m0/s1. The second-order valence-electron chi connectivity index (χ2n) is 7.36. The van der Waals surface area contributed by atoms with Crippen LogP contribution in [0, 0.1) is 11.7 Å². The van der Waals surface area contributed by atoms with E-state index >= 15 is 0 Å². The van der Waals surface area contributed by atoms with Crippen molar-refractivity contribution in [1.29, 1.82) is 0 Å². The minimum Gasteiger partial charge on any atom is -0.340 e. The Labute approximate surface area is 164 Å². The van der Waals surface area contributed by atoms with Gasteiger partial charge in [-0.1, -0.05) is 24.3 Å². The van der Waals surface area contributed by atoms with Gasteiger partial charge in [-0.25, -0.2) is 4.39 Å². The van der Waals surface area contributed by atoms with Crippen LogP contribution in [-0.2, 0) is 11.3 Å². The largest absolute Gasteiger partial charge is 0.340 e. The molecule has 0 unspecified atom stereocenters. The summed E-state index contributed by atoms with van der Waals surface area (Å²) in [5.74, 6) is 0.327. The summed E-state index contributed by atoms with van der Waals surface area (Å²) in [6, 6.07) is 11.0. The number of piperazine rings is 1. The average molecular weight is 385 g/mol. The van der Waals surface area contributed by atoms with Gasteiger partial charge in [-0.2, -0.15) is 0 Å². The van der Waals surface area contributed by atoms with Crippen LogP contribution in [0.1, 0.15) is 24.1 Å². The lowest BCUT2D eigenvalue weighted by Gasteiger charge is -2.36. The number of hydrogen-bond acceptors (Lipinski definition) is 3. The number of rotatable bonds is 4. The van der Waals surface area contributed by atoms with E-state index in [0.717, 1.165) is 62.4 Å². The topological polar surface area (TPSA) is 23.6 Å². The summed E-state index contributed by atoms with van der Waals surface area (Å²) in [6.45, 7) is 4.37. The molecule has 1 aliphatic heterocycles. The Balaban J connectivity index is 1.31. The highest BCUT2D eigenvalue weighted by Crippen LogP contribution is 2.29. The molecule has 4 rings (SSSR count). The lowest BCUT2D eigenvalue weighted by molar-refractivity contribution is -0.137. The zero-order chi connectivity index (χ0) is 18.6. The summed E-state index contributed by atoms with van der Waals surface area (Å²) < 4.78 is 13.4. The Hall–Kier alpha value is -1.98. The van der Waals surface area contributed by atoms with Crippen molar-refractivity contribution in [2.24, 2.45) is 5.92 Å². The van der Waals surface area contributed by atoms with Crippen molar-refractivity contribution < 1.29 is 9.18 Å². The zero-order valence-electron chi connectivity index (χ0n) is 15.4. The second-order valence-corrected chi connectivity index (χ2v) is 8.53. The van der Waals surface area contributed by atoms with Gasteiger partial charge in [0, 0.05) is 48.4 Å². The predicted octanol–water partition coefficient (Wildman–Crippen LogP) is 4.55. The van der Waals surface area contributed by atoms with Crippen LogP contribution in [0.3, 0.4) is 0 Å². The molecule has 5 heteroatoms. The molecule has 0 N–H and O–H groups in total. The van der Waals surface area contributed by atoms with Crippen LogP contribution in [0.15, 0.2) is 48.6 Å². The SMILES string of the molecule is O=C([C@H]1CC=CCC1)N1CCN(Cc2ccc(-c3cccc(F)c3)s2)CC1. The summed E-state index contributed by atoms with van der Waals surface area (Å²) in [5, 5.41) is 0. The molecule has 1 fully saturated rings. The Morgan fingerprint density at radius 1 is 1.11 bits per heavy atom. The first kappa shape index (κ1) is 18.4. The van der Waals surface area contributed by atoms with E-state index in [4.69, 9.17) is 0 Å². The minimum atomic E-state index is -0.198. The monoisotopic (exact) mass is 384 g/mol. The number of amides is 1. The Kier molecular flexibility index (Phi) is 5.69. The smallest absolute Gasteiger partial charge is 0.226 e. The molecule has 1 atom stereocenters. The molecular weight excluding hydrogens is 359 g/mol. The third kappa shape index (κ3) is 4.47. The third-order valence-electron chi connectivity index (χ3n) is 5.45. The average Bonchev–Trinajstić information content (AvgIpc) is 3.17. The molecular formula is C22H25FN2OS. The molecule has 1 aromatic heterocycles. The Morgan fingerprint density at radius 3 is 2.70 bits per heavy atom. The van der Waals surface area contributed by atoms with Crippen molar-refractivity contribution in [2.45, 2.75) is 25.8 Å². The number of halogens is 1. The van der Waals surface area contributed by atoms with Crippen LogP contribution in [0.25, 0.3) is 10.4 Å². The predicted molar refractivity (Wildman–Crippen MR) is 108 cm³/mol. The van der Waals surface area contributed by atoms with Crippen molar-refractivity contribution in [3.8, 4) is 10.4 Å². The van der Waals surface area contributed by atoms with E-state index in [-0.39, 0.29) is 11.7 Å². The molecule has 0 saturated carbocycles. The molecule has 0 bridgehead atoms. The van der Waals surface area contributed by atoms with Gasteiger partial charge in [-0.05, 0) is 49.1 Å². The van der Waals surface area contributed by atoms with Crippen LogP contribution < -0.4 is 0 Å². The maximum atomic E-state index is 13.4. The molecule has 2 aromatic rings. The van der Waals surface area contributed by atoms with E-state index in [2.05, 4.69) is 29.2 Å². The lowest BCUT2D eigenvalue weighted by atomic mass is 9.93. The fourth-order valence-electron chi connectivity index (χ4n) is 3.88. The van der Waals surface area contributed by atoms with Gasteiger partial charge in [0.05, 0.1) is 0 Å². The van der Waals surface area contributed by atoms with Gasteiger partial charge in [0.2, 0.25) is 5.91 Å². The van der Waals surface area contributed by atoms with Crippen molar-refractivity contribution in [3.05, 3.63) is 59.2 Å². The number of hydrogen-bond donors (Lipinski definition) is 0. The van der Waals surface area contributed by atoms with E-state index in [1.807, 2.05) is 11.0 Å². The second kappa shape index (κ2) is 8.36. The normalized spacial score (nSPS) is 20.8. The molecule has 1 saturated heterocycles. The molecule has 1 amide bonds. The van der Waals surface area contributed by atoms with Crippen LogP contribution in [-0.4, -0.2) is 41.9 Å². The quantitative estimate of drug-likeness (QED) is 0.722. The maximum absolute atomic E-state index is 13.4. The maximum Gasteiger partial charge on any atom is 0.226 e. The van der Waals surface area contributed by atoms with Gasteiger partial charge in [0.1, 0.15) is 5.82 Å². The first-order chi connectivity index (χ1) is 13.2. The summed E-state index contributed by atoms with van der Waals surface area (Å²) in [6.07, 6.45) is 7.25.